The van der Waals surface area contributed by atoms with Crippen molar-refractivity contribution >= 4 is 16.7 Å². The van der Waals surface area contributed by atoms with Crippen molar-refractivity contribution < 1.29 is 22.3 Å². The van der Waals surface area contributed by atoms with E-state index >= 15 is 0 Å². The second-order valence-corrected chi connectivity index (χ2v) is 7.55. The molecule has 31 heavy (non-hydrogen) atoms. The van der Waals surface area contributed by atoms with Crippen LogP contribution in [0.4, 0.5) is 13.2 Å². The lowest BCUT2D eigenvalue weighted by Gasteiger charge is -2.17. The van der Waals surface area contributed by atoms with Gasteiger partial charge in [0.05, 0.1) is 25.3 Å². The van der Waals surface area contributed by atoms with Crippen molar-refractivity contribution in [1.82, 2.24) is 5.32 Å². The van der Waals surface area contributed by atoms with Crippen molar-refractivity contribution in [2.24, 2.45) is 4.99 Å². The molecule has 0 atom stereocenters. The number of alkyl halides is 3. The van der Waals surface area contributed by atoms with Crippen LogP contribution in [0, 0.1) is 0 Å². The zero-order chi connectivity index (χ0) is 22.3. The summed E-state index contributed by atoms with van der Waals surface area (Å²) < 4.78 is 49.0. The van der Waals surface area contributed by atoms with Crippen LogP contribution in [-0.4, -0.2) is 38.6 Å². The topological polar surface area (TPSA) is 63.8 Å². The number of allylic oxidation sites excluding steroid dienone is 2. The molecule has 3 rings (SSSR count). The van der Waals surface area contributed by atoms with E-state index in [2.05, 4.69) is 10.3 Å². The summed E-state index contributed by atoms with van der Waals surface area (Å²) in [6.45, 7) is 1.81. The molecule has 1 heterocycles. The smallest absolute Gasteiger partial charge is 0.412 e. The van der Waals surface area contributed by atoms with Gasteiger partial charge in [0, 0.05) is 23.4 Å². The third-order valence-corrected chi connectivity index (χ3v) is 5.29. The minimum absolute atomic E-state index is 0.0392. The van der Waals surface area contributed by atoms with E-state index in [0.29, 0.717) is 60.3 Å². The maximum atomic E-state index is 12.8. The fraction of sp³-hybridized carbons (Fsp3) is 0.478. The third-order valence-electron chi connectivity index (χ3n) is 5.29. The predicted molar refractivity (Wildman–Crippen MR) is 115 cm³/mol. The third kappa shape index (κ3) is 6.43. The van der Waals surface area contributed by atoms with Crippen LogP contribution in [0.15, 0.2) is 50.3 Å². The summed E-state index contributed by atoms with van der Waals surface area (Å²) in [7, 11) is 1.55. The lowest BCUT2D eigenvalue weighted by atomic mass is 9.97. The molecule has 0 saturated carbocycles. The maximum Gasteiger partial charge on any atom is 0.412 e. The number of hydrogen-bond donors (Lipinski definition) is 1. The first-order valence-electron chi connectivity index (χ1n) is 10.5. The number of nitrogens with one attached hydrogen (secondary N) is 1. The van der Waals surface area contributed by atoms with Crippen LogP contribution in [-0.2, 0) is 6.42 Å². The van der Waals surface area contributed by atoms with E-state index in [0.717, 1.165) is 19.4 Å². The number of halogens is 3. The van der Waals surface area contributed by atoms with Crippen molar-refractivity contribution in [3.63, 3.8) is 0 Å². The molecule has 1 N–H and O–H groups in total. The normalized spacial score (nSPS) is 16.0. The first kappa shape index (κ1) is 23.1. The number of nitrogens with zero attached hydrogens (tertiary/aromatic N) is 1. The summed E-state index contributed by atoms with van der Waals surface area (Å²) in [6, 6.07) is 5.16. The molecule has 1 aliphatic rings. The van der Waals surface area contributed by atoms with E-state index in [4.69, 9.17) is 9.15 Å². The summed E-state index contributed by atoms with van der Waals surface area (Å²) in [5.74, 6) is 0.614. The molecule has 8 heteroatoms. The summed E-state index contributed by atoms with van der Waals surface area (Å²) in [5, 5.41) is 3.76. The van der Waals surface area contributed by atoms with Crippen molar-refractivity contribution in [1.29, 1.82) is 0 Å². The fourth-order valence-corrected chi connectivity index (χ4v) is 3.57. The fourth-order valence-electron chi connectivity index (χ4n) is 3.57. The second-order valence-electron chi connectivity index (χ2n) is 7.55. The van der Waals surface area contributed by atoms with Gasteiger partial charge in [0.1, 0.15) is 11.3 Å². The maximum absolute atomic E-state index is 12.8. The Balaban J connectivity index is 1.39. The molecular weight excluding hydrogens is 409 g/mol. The molecule has 0 saturated heterocycles. The molecule has 168 valence electrons. The highest BCUT2D eigenvalue weighted by Crippen LogP contribution is 2.32. The van der Waals surface area contributed by atoms with Gasteiger partial charge in [-0.3, -0.25) is 9.79 Å². The first-order chi connectivity index (χ1) is 14.9. The molecule has 5 nitrogen and oxygen atoms in total. The molecule has 0 unspecified atom stereocenters. The average Bonchev–Trinajstić information content (AvgIpc) is 2.76. The van der Waals surface area contributed by atoms with E-state index in [-0.39, 0.29) is 11.8 Å². The number of unbranched alkanes of at least 4 members (excludes halogenated alkanes) is 1. The Hall–Kier alpha value is -2.61. The molecule has 1 aliphatic carbocycles. The van der Waals surface area contributed by atoms with Gasteiger partial charge in [-0.05, 0) is 69.3 Å². The van der Waals surface area contributed by atoms with Crippen LogP contribution < -0.4 is 15.5 Å². The van der Waals surface area contributed by atoms with Gasteiger partial charge in [-0.15, -0.1) is 0 Å². The van der Waals surface area contributed by atoms with E-state index in [1.165, 1.54) is 12.3 Å². The monoisotopic (exact) mass is 436 g/mol. The molecule has 0 amide bonds. The molecule has 1 aromatic carbocycles. The van der Waals surface area contributed by atoms with Gasteiger partial charge < -0.3 is 14.5 Å². The number of ether oxygens (including phenoxy) is 1. The van der Waals surface area contributed by atoms with Crippen LogP contribution in [0.1, 0.15) is 37.7 Å². The van der Waals surface area contributed by atoms with Gasteiger partial charge in [0.2, 0.25) is 0 Å². The Morgan fingerprint density at radius 2 is 2.03 bits per heavy atom. The van der Waals surface area contributed by atoms with Crippen LogP contribution in [0.2, 0.25) is 0 Å². The van der Waals surface area contributed by atoms with Gasteiger partial charge >= 0.3 is 6.18 Å². The molecule has 0 spiro atoms. The molecule has 0 aliphatic heterocycles. The molecule has 0 bridgehead atoms. The summed E-state index contributed by atoms with van der Waals surface area (Å²) >= 11 is 0. The minimum Gasteiger partial charge on any atom is -0.497 e. The number of benzene rings is 1. The van der Waals surface area contributed by atoms with Crippen LogP contribution in [0.3, 0.4) is 0 Å². The van der Waals surface area contributed by atoms with Gasteiger partial charge in [0.15, 0.2) is 5.43 Å². The number of methoxy groups -OCH3 is 1. The summed E-state index contributed by atoms with van der Waals surface area (Å²) in [5.41, 5.74) is 1.18. The number of hydrogen-bond acceptors (Lipinski definition) is 5. The van der Waals surface area contributed by atoms with E-state index in [1.54, 1.807) is 25.3 Å². The lowest BCUT2D eigenvalue weighted by Crippen LogP contribution is -2.21. The molecule has 1 aromatic heterocycles. The van der Waals surface area contributed by atoms with Crippen LogP contribution in [0.5, 0.6) is 5.75 Å². The minimum atomic E-state index is -4.26. The van der Waals surface area contributed by atoms with E-state index in [9.17, 15) is 18.0 Å². The lowest BCUT2D eigenvalue weighted by molar-refractivity contribution is -0.0942. The Kier molecular flexibility index (Phi) is 7.90. The highest BCUT2D eigenvalue weighted by atomic mass is 19.4. The zero-order valence-electron chi connectivity index (χ0n) is 17.6. The highest BCUT2D eigenvalue weighted by Gasteiger charge is 2.34. The van der Waals surface area contributed by atoms with E-state index < -0.39 is 11.7 Å². The largest absolute Gasteiger partial charge is 0.497 e. The Bertz CT molecular complexity index is 1010. The molecule has 0 fully saturated rings. The number of rotatable bonds is 9. The van der Waals surface area contributed by atoms with Crippen molar-refractivity contribution in [2.45, 2.75) is 44.7 Å². The van der Waals surface area contributed by atoms with Crippen LogP contribution in [0.25, 0.3) is 11.0 Å². The van der Waals surface area contributed by atoms with Crippen molar-refractivity contribution in [3.8, 4) is 5.75 Å². The van der Waals surface area contributed by atoms with Crippen LogP contribution >= 0.6 is 0 Å². The zero-order valence-corrected chi connectivity index (χ0v) is 17.6. The average molecular weight is 436 g/mol. The van der Waals surface area contributed by atoms with Gasteiger partial charge in [-0.25, -0.2) is 0 Å². The molecule has 2 aromatic rings. The van der Waals surface area contributed by atoms with E-state index in [1.807, 2.05) is 0 Å². The number of fused-ring (bicyclic) bond motifs is 1. The Morgan fingerprint density at radius 3 is 2.81 bits per heavy atom. The predicted octanol–water partition coefficient (Wildman–Crippen LogP) is 4.83. The number of aliphatic imine (C=N–C) groups is 1. The highest BCUT2D eigenvalue weighted by molar-refractivity contribution is 5.96. The second kappa shape index (κ2) is 10.6. The summed E-state index contributed by atoms with van der Waals surface area (Å²) in [4.78, 5) is 16.9. The van der Waals surface area contributed by atoms with Crippen molar-refractivity contribution in [2.75, 3.05) is 26.7 Å². The number of aryl methyl sites for hydroxylation is 1. The Morgan fingerprint density at radius 1 is 1.19 bits per heavy atom. The standard InChI is InChI=1S/C23H27F3N2O3/c1-30-19-8-9-21-20(14-19)22(29)16(15-31-21)5-2-3-10-27-11-12-28-18-7-4-6-17(13-18)23(24,25)26/h8-9,13-15,27H,2-7,10-12H2,1H3. The van der Waals surface area contributed by atoms with Gasteiger partial charge in [-0.2, -0.15) is 13.2 Å². The molecule has 0 radical (unpaired) electrons. The van der Waals surface area contributed by atoms with Gasteiger partial charge in [0.25, 0.3) is 0 Å². The first-order valence-corrected chi connectivity index (χ1v) is 10.5. The SMILES string of the molecule is COc1ccc2occ(CCCCNCCN=C3C=C(C(F)(F)F)CCC3)c(=O)c2c1. The Labute approximate surface area is 179 Å². The van der Waals surface area contributed by atoms with Gasteiger partial charge in [-0.1, -0.05) is 0 Å². The molecular formula is C23H27F3N2O3. The quantitative estimate of drug-likeness (QED) is 0.572. The summed E-state index contributed by atoms with van der Waals surface area (Å²) in [6.07, 6.45) is 1.92. The van der Waals surface area contributed by atoms with Crippen molar-refractivity contribution in [3.05, 3.63) is 51.9 Å².